The van der Waals surface area contributed by atoms with Gasteiger partial charge in [-0.1, -0.05) is 37.8 Å². The van der Waals surface area contributed by atoms with Crippen molar-refractivity contribution in [2.75, 3.05) is 26.2 Å². The van der Waals surface area contributed by atoms with E-state index in [0.29, 0.717) is 35.9 Å². The summed E-state index contributed by atoms with van der Waals surface area (Å²) < 4.78 is 13.8. The van der Waals surface area contributed by atoms with Gasteiger partial charge < -0.3 is 23.5 Å². The van der Waals surface area contributed by atoms with Gasteiger partial charge in [0, 0.05) is 61.7 Å². The van der Waals surface area contributed by atoms with Gasteiger partial charge in [0.15, 0.2) is 14.1 Å². The topological polar surface area (TPSA) is 76.6 Å². The number of hydrogen-bond acceptors (Lipinski definition) is 6. The fourth-order valence-electron chi connectivity index (χ4n) is 5.06. The fourth-order valence-corrected chi connectivity index (χ4v) is 6.10. The predicted molar refractivity (Wildman–Crippen MR) is 151 cm³/mol. The van der Waals surface area contributed by atoms with Crippen LogP contribution in [0.3, 0.4) is 0 Å². The highest BCUT2D eigenvalue weighted by molar-refractivity contribution is 6.74. The molecule has 0 radical (unpaired) electrons. The Bertz CT molecular complexity index is 1300. The third-order valence-corrected chi connectivity index (χ3v) is 13.0. The van der Waals surface area contributed by atoms with Crippen LogP contribution in [-0.4, -0.2) is 59.3 Å². The summed E-state index contributed by atoms with van der Waals surface area (Å²) in [6.07, 6.45) is 2.88. The average Bonchev–Trinajstić information content (AvgIpc) is 3.33. The van der Waals surface area contributed by atoms with E-state index < -0.39 is 14.4 Å². The van der Waals surface area contributed by atoms with E-state index in [2.05, 4.69) is 72.9 Å². The molecule has 1 saturated heterocycles. The molecule has 202 valence electrons. The maximum Gasteiger partial charge on any atom is 0.192 e. The van der Waals surface area contributed by atoms with Crippen LogP contribution in [0.2, 0.25) is 18.1 Å². The number of aliphatic hydroxyl groups excluding tert-OH is 1. The summed E-state index contributed by atoms with van der Waals surface area (Å²) in [5.74, 6) is 10.2. The molecule has 1 aromatic carbocycles. The first-order chi connectivity index (χ1) is 18.0. The van der Waals surface area contributed by atoms with Crippen molar-refractivity contribution in [3.8, 4) is 23.2 Å². The van der Waals surface area contributed by atoms with Crippen molar-refractivity contribution >= 4 is 8.32 Å². The molecule has 4 atom stereocenters. The molecule has 1 aliphatic carbocycles. The number of imidazole rings is 1. The van der Waals surface area contributed by atoms with E-state index >= 15 is 0 Å². The van der Waals surface area contributed by atoms with Crippen molar-refractivity contribution in [3.05, 3.63) is 59.8 Å². The normalized spacial score (nSPS) is 22.1. The zero-order chi connectivity index (χ0) is 27.1. The smallest absolute Gasteiger partial charge is 0.192 e. The molecule has 3 aromatic rings. The molecule has 0 amide bonds. The summed E-state index contributed by atoms with van der Waals surface area (Å²) >= 11 is 0. The Labute approximate surface area is 227 Å². The fraction of sp³-hybridized carbons (Fsp3) is 0.533. The first-order valence-corrected chi connectivity index (χ1v) is 16.6. The van der Waals surface area contributed by atoms with Crippen molar-refractivity contribution in [1.29, 1.82) is 0 Å². The van der Waals surface area contributed by atoms with E-state index in [0.717, 1.165) is 43.1 Å². The quantitative estimate of drug-likeness (QED) is 0.318. The predicted octanol–water partition coefficient (Wildman–Crippen LogP) is 5.19. The summed E-state index contributed by atoms with van der Waals surface area (Å²) in [6.45, 7) is 17.9. The lowest BCUT2D eigenvalue weighted by molar-refractivity contribution is 0.184. The molecule has 2 aromatic heterocycles. The monoisotopic (exact) mass is 532 g/mol. The lowest BCUT2D eigenvalue weighted by Crippen LogP contribution is -2.42. The summed E-state index contributed by atoms with van der Waals surface area (Å²) in [4.78, 5) is 6.76. The molecule has 7 nitrogen and oxygen atoms in total. The van der Waals surface area contributed by atoms with E-state index in [1.54, 1.807) is 13.1 Å². The van der Waals surface area contributed by atoms with Crippen molar-refractivity contribution in [1.82, 2.24) is 19.6 Å². The molecule has 1 N–H and O–H groups in total. The minimum Gasteiger partial charge on any atom is -0.416 e. The Morgan fingerprint density at radius 3 is 2.55 bits per heavy atom. The Balaban J connectivity index is 1.10. The van der Waals surface area contributed by atoms with Gasteiger partial charge in [-0.15, -0.1) is 0 Å². The molecule has 0 spiro atoms. The minimum atomic E-state index is -1.66. The van der Waals surface area contributed by atoms with Gasteiger partial charge in [-0.2, -0.15) is 0 Å². The third-order valence-electron chi connectivity index (χ3n) is 8.51. The summed E-state index contributed by atoms with van der Waals surface area (Å²) in [5, 5.41) is 14.3. The molecule has 1 unspecified atom stereocenters. The number of nitrogens with zero attached hydrogens (tertiary/aromatic N) is 4. The third kappa shape index (κ3) is 5.81. The van der Waals surface area contributed by atoms with Crippen LogP contribution in [0.1, 0.15) is 50.9 Å². The van der Waals surface area contributed by atoms with Gasteiger partial charge in [0.2, 0.25) is 0 Å². The van der Waals surface area contributed by atoms with Crippen molar-refractivity contribution < 1.29 is 14.1 Å². The molecule has 2 aliphatic rings. The Morgan fingerprint density at radius 1 is 1.18 bits per heavy atom. The van der Waals surface area contributed by atoms with Crippen LogP contribution in [0.25, 0.3) is 11.3 Å². The largest absolute Gasteiger partial charge is 0.416 e. The number of likely N-dealkylation sites (tertiary alicyclic amines) is 1. The van der Waals surface area contributed by atoms with Crippen LogP contribution in [0.15, 0.2) is 47.2 Å². The number of piperidine rings is 1. The molecule has 0 bridgehead atoms. The lowest BCUT2D eigenvalue weighted by atomic mass is 10.1. The molecular formula is C30H40N4O3Si. The zero-order valence-corrected chi connectivity index (χ0v) is 24.4. The molecule has 1 aliphatic heterocycles. The van der Waals surface area contributed by atoms with E-state index in [-0.39, 0.29) is 5.04 Å². The summed E-state index contributed by atoms with van der Waals surface area (Å²) in [6, 6.07) is 10.1. The SMILES string of the molecule is C[C@H](O)c1nccn1Cc1cc(-c2ccc(C#CC3[C@H]4CN(CCO[Si](C)(C)C(C)(C)C)C[C@@H]34)cc2)on1. The van der Waals surface area contributed by atoms with Gasteiger partial charge in [-0.25, -0.2) is 4.98 Å². The van der Waals surface area contributed by atoms with Gasteiger partial charge in [0.05, 0.1) is 6.54 Å². The number of benzene rings is 1. The maximum atomic E-state index is 9.85. The summed E-state index contributed by atoms with van der Waals surface area (Å²) in [7, 11) is -1.66. The Kier molecular flexibility index (Phi) is 7.40. The van der Waals surface area contributed by atoms with E-state index in [4.69, 9.17) is 8.95 Å². The molecule has 1 saturated carbocycles. The van der Waals surface area contributed by atoms with E-state index in [9.17, 15) is 5.11 Å². The van der Waals surface area contributed by atoms with Gasteiger partial charge in [-0.3, -0.25) is 0 Å². The second-order valence-electron chi connectivity index (χ2n) is 12.3. The molecule has 2 fully saturated rings. The molecule has 38 heavy (non-hydrogen) atoms. The standard InChI is InChI=1S/C30H40N4O3Si/c1-21(35)29-31-13-14-34(29)18-24-17-28(37-32-24)23-10-7-22(8-11-23)9-12-25-26-19-33(20-27(25)26)15-16-36-38(5,6)30(2,3)4/h7-8,10-11,13-14,17,21,25-27,35H,15-16,18-20H2,1-6H3/t21-,25?,26-,27+/m0/s1. The second-order valence-corrected chi connectivity index (χ2v) is 17.1. The van der Waals surface area contributed by atoms with Crippen LogP contribution in [0, 0.1) is 29.6 Å². The highest BCUT2D eigenvalue weighted by Crippen LogP contribution is 2.51. The first-order valence-electron chi connectivity index (χ1n) is 13.6. The Morgan fingerprint density at radius 2 is 1.89 bits per heavy atom. The van der Waals surface area contributed by atoms with Crippen molar-refractivity contribution in [3.63, 3.8) is 0 Å². The molecule has 3 heterocycles. The highest BCUT2D eigenvalue weighted by Gasteiger charge is 2.54. The van der Waals surface area contributed by atoms with Crippen LogP contribution in [-0.2, 0) is 11.0 Å². The van der Waals surface area contributed by atoms with Gasteiger partial charge in [0.1, 0.15) is 17.6 Å². The number of aliphatic hydroxyl groups is 1. The van der Waals surface area contributed by atoms with Crippen molar-refractivity contribution in [2.24, 2.45) is 17.8 Å². The Hall–Kier alpha value is -2.70. The minimum absolute atomic E-state index is 0.266. The van der Waals surface area contributed by atoms with Crippen molar-refractivity contribution in [2.45, 2.75) is 58.5 Å². The van der Waals surface area contributed by atoms with Gasteiger partial charge in [0.25, 0.3) is 0 Å². The molecule has 5 rings (SSSR count). The zero-order valence-electron chi connectivity index (χ0n) is 23.4. The van der Waals surface area contributed by atoms with Crippen LogP contribution >= 0.6 is 0 Å². The first kappa shape index (κ1) is 26.9. The lowest BCUT2D eigenvalue weighted by Gasteiger charge is -2.36. The highest BCUT2D eigenvalue weighted by atomic mass is 28.4. The van der Waals surface area contributed by atoms with E-state index in [1.165, 1.54) is 0 Å². The molecule has 8 heteroatoms. The van der Waals surface area contributed by atoms with E-state index in [1.807, 2.05) is 29.0 Å². The van der Waals surface area contributed by atoms with Crippen LogP contribution in [0.4, 0.5) is 0 Å². The van der Waals surface area contributed by atoms with Gasteiger partial charge >= 0.3 is 0 Å². The summed E-state index contributed by atoms with van der Waals surface area (Å²) in [5.41, 5.74) is 2.78. The number of hydrogen-bond donors (Lipinski definition) is 1. The van der Waals surface area contributed by atoms with Crippen LogP contribution in [0.5, 0.6) is 0 Å². The number of rotatable bonds is 8. The van der Waals surface area contributed by atoms with Crippen LogP contribution < -0.4 is 0 Å². The number of fused-ring (bicyclic) bond motifs is 1. The van der Waals surface area contributed by atoms with Gasteiger partial charge in [-0.05, 0) is 61.2 Å². The molecular weight excluding hydrogens is 492 g/mol. The average molecular weight is 533 g/mol. The maximum absolute atomic E-state index is 9.85. The number of aromatic nitrogens is 3. The second kappa shape index (κ2) is 10.5.